The molecule has 0 saturated heterocycles. The van der Waals surface area contributed by atoms with Gasteiger partial charge in [-0.2, -0.15) is 0 Å². The Kier molecular flexibility index (Phi) is 8.11. The lowest BCUT2D eigenvalue weighted by Gasteiger charge is -2.13. The van der Waals surface area contributed by atoms with Crippen LogP contribution in [0.3, 0.4) is 0 Å². The zero-order chi connectivity index (χ0) is 19.6. The zero-order valence-electron chi connectivity index (χ0n) is 14.4. The number of halogens is 2. The molecule has 1 N–H and O–H groups in total. The Morgan fingerprint density at radius 2 is 1.52 bits per heavy atom. The third-order valence-electron chi connectivity index (χ3n) is 3.82. The quantitative estimate of drug-likeness (QED) is 0.173. The number of aliphatic carboxylic acids is 1. The minimum Gasteiger partial charge on any atom is -0.477 e. The second-order valence-corrected chi connectivity index (χ2v) is 6.14. The fourth-order valence-corrected chi connectivity index (χ4v) is 2.99. The molecule has 2 aromatic carbocycles. The largest absolute Gasteiger partial charge is 0.477 e. The highest BCUT2D eigenvalue weighted by molar-refractivity contribution is 6.27. The maximum absolute atomic E-state index is 12.4. The van der Waals surface area contributed by atoms with Crippen LogP contribution >= 0.6 is 23.2 Å². The first-order chi connectivity index (χ1) is 13.1. The van der Waals surface area contributed by atoms with Crippen molar-refractivity contribution in [2.24, 2.45) is 0 Å². The lowest BCUT2D eigenvalue weighted by atomic mass is 9.96. The van der Waals surface area contributed by atoms with Crippen LogP contribution in [0.15, 0.2) is 82.9 Å². The number of benzene rings is 2. The minimum absolute atomic E-state index is 0.0371. The number of alkyl halides is 1. The van der Waals surface area contributed by atoms with E-state index >= 15 is 0 Å². The number of hydrogen-bond donors (Lipinski definition) is 1. The van der Waals surface area contributed by atoms with Gasteiger partial charge in [0.25, 0.3) is 0 Å². The number of carboxylic acids is 1. The third kappa shape index (κ3) is 5.98. The molecule has 2 aromatic rings. The molecule has 27 heavy (non-hydrogen) atoms. The van der Waals surface area contributed by atoms with Crippen molar-refractivity contribution < 1.29 is 19.4 Å². The molecule has 0 saturated carbocycles. The van der Waals surface area contributed by atoms with Crippen LogP contribution in [-0.4, -0.2) is 22.9 Å². The van der Waals surface area contributed by atoms with Crippen molar-refractivity contribution >= 4 is 35.1 Å². The normalized spacial score (nSPS) is 12.3. The molecule has 0 aliphatic heterocycles. The van der Waals surface area contributed by atoms with E-state index < -0.39 is 17.5 Å². The molecule has 0 bridgehead atoms. The SMILES string of the molecule is O=C(O)/C(C(=O)OCc1ccccc1)=C(\CCl)C(=CCl)Cc1ccccc1. The molecular weight excluding hydrogens is 387 g/mol. The molecule has 140 valence electrons. The number of hydrogen-bond acceptors (Lipinski definition) is 3. The lowest BCUT2D eigenvalue weighted by Crippen LogP contribution is -2.19. The van der Waals surface area contributed by atoms with Crippen LogP contribution in [-0.2, 0) is 27.4 Å². The standard InChI is InChI=1S/C21H18Cl2O4/c22-12-17(11-15-7-3-1-4-8-15)18(13-23)19(20(24)25)21(26)27-14-16-9-5-2-6-10-16/h1-10,12H,11,13-14H2,(H,24,25)/b17-12?,19-18-. The summed E-state index contributed by atoms with van der Waals surface area (Å²) in [6, 6.07) is 18.3. The summed E-state index contributed by atoms with van der Waals surface area (Å²) in [5, 5.41) is 9.57. The maximum Gasteiger partial charge on any atom is 0.346 e. The summed E-state index contributed by atoms with van der Waals surface area (Å²) in [5.41, 5.74) is 2.99. The van der Waals surface area contributed by atoms with Crippen molar-refractivity contribution in [3.05, 3.63) is 94.0 Å². The number of esters is 1. The second kappa shape index (κ2) is 10.6. The maximum atomic E-state index is 12.4. The minimum atomic E-state index is -1.41. The van der Waals surface area contributed by atoms with Gasteiger partial charge in [0.1, 0.15) is 12.2 Å². The summed E-state index contributed by atoms with van der Waals surface area (Å²) in [6.45, 7) is -0.0371. The van der Waals surface area contributed by atoms with Crippen molar-refractivity contribution in [3.63, 3.8) is 0 Å². The van der Waals surface area contributed by atoms with Gasteiger partial charge in [-0.1, -0.05) is 72.3 Å². The Bertz CT molecular complexity index is 843. The van der Waals surface area contributed by atoms with Crippen molar-refractivity contribution in [2.75, 3.05) is 5.88 Å². The molecule has 0 aliphatic rings. The van der Waals surface area contributed by atoms with Crippen LogP contribution < -0.4 is 0 Å². The summed E-state index contributed by atoms with van der Waals surface area (Å²) in [6.07, 6.45) is 0.342. The van der Waals surface area contributed by atoms with Crippen LogP contribution in [0, 0.1) is 0 Å². The smallest absolute Gasteiger partial charge is 0.346 e. The van der Waals surface area contributed by atoms with Crippen molar-refractivity contribution in [2.45, 2.75) is 13.0 Å². The number of ether oxygens (including phenoxy) is 1. The fourth-order valence-electron chi connectivity index (χ4n) is 2.47. The summed E-state index contributed by atoms with van der Waals surface area (Å²) < 4.78 is 5.17. The molecule has 2 rings (SSSR count). The number of carboxylic acid groups (broad SMARTS) is 1. The number of rotatable bonds is 8. The number of allylic oxidation sites excluding steroid dienone is 2. The van der Waals surface area contributed by atoms with Gasteiger partial charge in [-0.15, -0.1) is 11.6 Å². The van der Waals surface area contributed by atoms with Gasteiger partial charge in [0.05, 0.1) is 0 Å². The van der Waals surface area contributed by atoms with Crippen LogP contribution in [0.5, 0.6) is 0 Å². The number of carbonyl (C=O) groups is 2. The van der Waals surface area contributed by atoms with Gasteiger partial charge >= 0.3 is 11.9 Å². The molecule has 0 spiro atoms. The van der Waals surface area contributed by atoms with Gasteiger partial charge < -0.3 is 9.84 Å². The first-order valence-corrected chi connectivity index (χ1v) is 9.11. The van der Waals surface area contributed by atoms with Crippen molar-refractivity contribution in [3.8, 4) is 0 Å². The summed E-state index contributed by atoms with van der Waals surface area (Å²) >= 11 is 11.9. The second-order valence-electron chi connectivity index (χ2n) is 5.65. The summed E-state index contributed by atoms with van der Waals surface area (Å²) in [5.74, 6) is -2.55. The first kappa shape index (κ1) is 20.7. The van der Waals surface area contributed by atoms with E-state index in [9.17, 15) is 14.7 Å². The topological polar surface area (TPSA) is 63.6 Å². The Balaban J connectivity index is 2.28. The summed E-state index contributed by atoms with van der Waals surface area (Å²) in [7, 11) is 0. The van der Waals surface area contributed by atoms with Crippen molar-refractivity contribution in [1.82, 2.24) is 0 Å². The number of carbonyl (C=O) groups excluding carboxylic acids is 1. The van der Waals surface area contributed by atoms with Crippen LogP contribution in [0.25, 0.3) is 0 Å². The van der Waals surface area contributed by atoms with Gasteiger partial charge in [0.2, 0.25) is 0 Å². The molecule has 0 heterocycles. The fraction of sp³-hybridized carbons (Fsp3) is 0.143. The average molecular weight is 405 g/mol. The van der Waals surface area contributed by atoms with E-state index in [-0.39, 0.29) is 18.1 Å². The molecule has 0 unspecified atom stereocenters. The predicted octanol–water partition coefficient (Wildman–Crippen LogP) is 4.72. The molecule has 0 aliphatic carbocycles. The molecule has 0 fully saturated rings. The predicted molar refractivity (Wildman–Crippen MR) is 106 cm³/mol. The lowest BCUT2D eigenvalue weighted by molar-refractivity contribution is -0.145. The first-order valence-electron chi connectivity index (χ1n) is 8.13. The van der Waals surface area contributed by atoms with Crippen LogP contribution in [0.1, 0.15) is 11.1 Å². The zero-order valence-corrected chi connectivity index (χ0v) is 15.9. The molecule has 0 radical (unpaired) electrons. The van der Waals surface area contributed by atoms with Crippen LogP contribution in [0.2, 0.25) is 0 Å². The Morgan fingerprint density at radius 1 is 0.963 bits per heavy atom. The molecular formula is C21H18Cl2O4. The van der Waals surface area contributed by atoms with E-state index in [0.29, 0.717) is 12.0 Å². The molecule has 0 aromatic heterocycles. The Morgan fingerprint density at radius 3 is 2.00 bits per heavy atom. The highest BCUT2D eigenvalue weighted by atomic mass is 35.5. The highest BCUT2D eigenvalue weighted by Gasteiger charge is 2.26. The van der Waals surface area contributed by atoms with E-state index in [4.69, 9.17) is 27.9 Å². The van der Waals surface area contributed by atoms with E-state index in [1.54, 1.807) is 24.3 Å². The molecule has 0 atom stereocenters. The van der Waals surface area contributed by atoms with E-state index in [2.05, 4.69) is 0 Å². The van der Waals surface area contributed by atoms with Crippen LogP contribution in [0.4, 0.5) is 0 Å². The molecule has 4 nitrogen and oxygen atoms in total. The average Bonchev–Trinajstić information content (AvgIpc) is 2.70. The monoisotopic (exact) mass is 404 g/mol. The van der Waals surface area contributed by atoms with E-state index in [1.165, 1.54) is 5.54 Å². The van der Waals surface area contributed by atoms with Gasteiger partial charge in [-0.05, 0) is 28.7 Å². The third-order valence-corrected chi connectivity index (χ3v) is 4.35. The van der Waals surface area contributed by atoms with Crippen molar-refractivity contribution in [1.29, 1.82) is 0 Å². The Hall–Kier alpha value is -2.56. The van der Waals surface area contributed by atoms with E-state index in [1.807, 2.05) is 36.4 Å². The van der Waals surface area contributed by atoms with Gasteiger partial charge in [0.15, 0.2) is 0 Å². The summed E-state index contributed by atoms with van der Waals surface area (Å²) in [4.78, 5) is 24.2. The highest BCUT2D eigenvalue weighted by Crippen LogP contribution is 2.23. The van der Waals surface area contributed by atoms with Gasteiger partial charge in [-0.25, -0.2) is 9.59 Å². The molecule has 0 amide bonds. The molecule has 6 heteroatoms. The van der Waals surface area contributed by atoms with E-state index in [0.717, 1.165) is 11.1 Å². The Labute approximate surface area is 167 Å². The van der Waals surface area contributed by atoms with Gasteiger partial charge in [0, 0.05) is 11.4 Å². The van der Waals surface area contributed by atoms with Gasteiger partial charge in [-0.3, -0.25) is 0 Å².